The van der Waals surface area contributed by atoms with Crippen LogP contribution in [0.15, 0.2) is 11.6 Å². The van der Waals surface area contributed by atoms with Gasteiger partial charge >= 0.3 is 0 Å². The Kier molecular flexibility index (Phi) is 2.29. The van der Waals surface area contributed by atoms with Crippen LogP contribution in [0.25, 0.3) is 0 Å². The Labute approximate surface area is 56.9 Å². The van der Waals surface area contributed by atoms with Crippen molar-refractivity contribution < 1.29 is 0 Å². The lowest BCUT2D eigenvalue weighted by atomic mass is 10.1. The molecule has 1 atom stereocenters. The summed E-state index contributed by atoms with van der Waals surface area (Å²) in [5.74, 6) is 0.813. The molecule has 0 amide bonds. The first kappa shape index (κ1) is 6.81. The fourth-order valence-electron chi connectivity index (χ4n) is 1.50. The highest BCUT2D eigenvalue weighted by atomic mass is 14.5. The quantitative estimate of drug-likeness (QED) is 0.530. The van der Waals surface area contributed by atoms with Gasteiger partial charge in [0.2, 0.25) is 0 Å². The first-order valence-corrected chi connectivity index (χ1v) is 3.73. The number of nitrogens with two attached hydrogens (primary N) is 1. The zero-order valence-corrected chi connectivity index (χ0v) is 6.06. The van der Waals surface area contributed by atoms with Crippen molar-refractivity contribution in [2.24, 2.45) is 11.7 Å². The van der Waals surface area contributed by atoms with E-state index >= 15 is 0 Å². The largest absolute Gasteiger partial charge is 0.327 e. The zero-order valence-electron chi connectivity index (χ0n) is 6.06. The summed E-state index contributed by atoms with van der Waals surface area (Å²) in [6, 6.07) is 0. The van der Waals surface area contributed by atoms with E-state index in [0.717, 1.165) is 12.5 Å². The van der Waals surface area contributed by atoms with Crippen molar-refractivity contribution in [1.29, 1.82) is 0 Å². The van der Waals surface area contributed by atoms with E-state index in [1.165, 1.54) is 19.3 Å². The molecule has 1 fully saturated rings. The molecule has 1 aliphatic rings. The predicted octanol–water partition coefficient (Wildman–Crippen LogP) is 1.69. The fraction of sp³-hybridized carbons (Fsp3) is 0.750. The van der Waals surface area contributed by atoms with E-state index in [0.29, 0.717) is 0 Å². The van der Waals surface area contributed by atoms with Gasteiger partial charge in [-0.1, -0.05) is 18.6 Å². The Bertz CT molecular complexity index is 116. The van der Waals surface area contributed by atoms with Crippen molar-refractivity contribution in [2.75, 3.05) is 6.54 Å². The summed E-state index contributed by atoms with van der Waals surface area (Å²) < 4.78 is 0. The van der Waals surface area contributed by atoms with Gasteiger partial charge in [0.05, 0.1) is 0 Å². The molecule has 1 unspecified atom stereocenters. The topological polar surface area (TPSA) is 26.0 Å². The normalized spacial score (nSPS) is 31.8. The molecular formula is C8H15N. The summed E-state index contributed by atoms with van der Waals surface area (Å²) in [4.78, 5) is 0. The van der Waals surface area contributed by atoms with Gasteiger partial charge in [-0.25, -0.2) is 0 Å². The molecule has 1 aliphatic carbocycles. The van der Waals surface area contributed by atoms with Crippen molar-refractivity contribution in [3.05, 3.63) is 11.6 Å². The van der Waals surface area contributed by atoms with Crippen LogP contribution in [0.1, 0.15) is 26.2 Å². The van der Waals surface area contributed by atoms with E-state index < -0.39 is 0 Å². The lowest BCUT2D eigenvalue weighted by molar-refractivity contribution is 0.694. The van der Waals surface area contributed by atoms with Crippen molar-refractivity contribution in [3.8, 4) is 0 Å². The van der Waals surface area contributed by atoms with Crippen LogP contribution >= 0.6 is 0 Å². The predicted molar refractivity (Wildman–Crippen MR) is 40.2 cm³/mol. The summed E-state index contributed by atoms with van der Waals surface area (Å²) in [6.07, 6.45) is 6.20. The SMILES string of the molecule is CC1CCCC1=CCN. The highest BCUT2D eigenvalue weighted by molar-refractivity contribution is 5.10. The van der Waals surface area contributed by atoms with Crippen LogP contribution in [-0.2, 0) is 0 Å². The average molecular weight is 125 g/mol. The van der Waals surface area contributed by atoms with Gasteiger partial charge in [0.15, 0.2) is 0 Å². The van der Waals surface area contributed by atoms with E-state index in [9.17, 15) is 0 Å². The maximum absolute atomic E-state index is 5.39. The molecule has 0 aliphatic heterocycles. The van der Waals surface area contributed by atoms with Crippen molar-refractivity contribution in [2.45, 2.75) is 26.2 Å². The molecule has 52 valence electrons. The minimum Gasteiger partial charge on any atom is -0.327 e. The molecule has 0 aromatic rings. The maximum atomic E-state index is 5.39. The Balaban J connectivity index is 2.48. The van der Waals surface area contributed by atoms with Crippen LogP contribution in [0, 0.1) is 5.92 Å². The van der Waals surface area contributed by atoms with E-state index in [1.54, 1.807) is 5.57 Å². The second-order valence-electron chi connectivity index (χ2n) is 2.81. The molecule has 0 saturated heterocycles. The summed E-state index contributed by atoms with van der Waals surface area (Å²) in [5, 5.41) is 0. The van der Waals surface area contributed by atoms with Crippen LogP contribution in [0.5, 0.6) is 0 Å². The van der Waals surface area contributed by atoms with Crippen LogP contribution in [-0.4, -0.2) is 6.54 Å². The minimum absolute atomic E-state index is 0.722. The lowest BCUT2D eigenvalue weighted by Gasteiger charge is -2.01. The third-order valence-electron chi connectivity index (χ3n) is 2.12. The molecule has 9 heavy (non-hydrogen) atoms. The minimum atomic E-state index is 0.722. The van der Waals surface area contributed by atoms with E-state index in [1.807, 2.05) is 0 Å². The number of allylic oxidation sites excluding steroid dienone is 1. The standard InChI is InChI=1S/C8H15N/c1-7-3-2-4-8(7)5-6-9/h5,7H,2-4,6,9H2,1H3. The van der Waals surface area contributed by atoms with Gasteiger partial charge in [-0.15, -0.1) is 0 Å². The summed E-state index contributed by atoms with van der Waals surface area (Å²) in [5.41, 5.74) is 6.98. The number of hydrogen-bond acceptors (Lipinski definition) is 1. The highest BCUT2D eigenvalue weighted by Crippen LogP contribution is 2.29. The van der Waals surface area contributed by atoms with E-state index in [-0.39, 0.29) is 0 Å². The summed E-state index contributed by atoms with van der Waals surface area (Å²) in [7, 11) is 0. The molecule has 0 aromatic heterocycles. The first-order valence-electron chi connectivity index (χ1n) is 3.73. The molecule has 0 radical (unpaired) electrons. The Morgan fingerprint density at radius 2 is 2.56 bits per heavy atom. The molecule has 0 aromatic carbocycles. The fourth-order valence-corrected chi connectivity index (χ4v) is 1.50. The Hall–Kier alpha value is -0.300. The molecule has 0 heterocycles. The lowest BCUT2D eigenvalue weighted by Crippen LogP contribution is -1.97. The molecule has 1 heteroatoms. The second kappa shape index (κ2) is 3.02. The summed E-state index contributed by atoms with van der Waals surface area (Å²) >= 11 is 0. The van der Waals surface area contributed by atoms with Gasteiger partial charge < -0.3 is 5.73 Å². The Morgan fingerprint density at radius 1 is 1.78 bits per heavy atom. The summed E-state index contributed by atoms with van der Waals surface area (Å²) in [6.45, 7) is 3.01. The van der Waals surface area contributed by atoms with Crippen molar-refractivity contribution in [3.63, 3.8) is 0 Å². The van der Waals surface area contributed by atoms with Gasteiger partial charge in [-0.2, -0.15) is 0 Å². The molecule has 0 spiro atoms. The van der Waals surface area contributed by atoms with Gasteiger partial charge in [0, 0.05) is 6.54 Å². The molecular weight excluding hydrogens is 110 g/mol. The zero-order chi connectivity index (χ0) is 6.69. The highest BCUT2D eigenvalue weighted by Gasteiger charge is 2.14. The van der Waals surface area contributed by atoms with Crippen molar-refractivity contribution in [1.82, 2.24) is 0 Å². The van der Waals surface area contributed by atoms with Crippen LogP contribution in [0.4, 0.5) is 0 Å². The average Bonchev–Trinajstić information content (AvgIpc) is 2.18. The second-order valence-corrected chi connectivity index (χ2v) is 2.81. The van der Waals surface area contributed by atoms with E-state index in [2.05, 4.69) is 13.0 Å². The molecule has 0 bridgehead atoms. The Morgan fingerprint density at radius 3 is 3.00 bits per heavy atom. The van der Waals surface area contributed by atoms with Gasteiger partial charge in [0.25, 0.3) is 0 Å². The van der Waals surface area contributed by atoms with Crippen molar-refractivity contribution >= 4 is 0 Å². The van der Waals surface area contributed by atoms with Gasteiger partial charge in [-0.3, -0.25) is 0 Å². The smallest absolute Gasteiger partial charge is 0.0109 e. The van der Waals surface area contributed by atoms with E-state index in [4.69, 9.17) is 5.73 Å². The maximum Gasteiger partial charge on any atom is 0.0109 e. The number of hydrogen-bond donors (Lipinski definition) is 1. The third-order valence-corrected chi connectivity index (χ3v) is 2.12. The monoisotopic (exact) mass is 125 g/mol. The molecule has 2 N–H and O–H groups in total. The van der Waals surface area contributed by atoms with Crippen LogP contribution < -0.4 is 5.73 Å². The third kappa shape index (κ3) is 1.55. The van der Waals surface area contributed by atoms with Gasteiger partial charge in [0.1, 0.15) is 0 Å². The van der Waals surface area contributed by atoms with Crippen LogP contribution in [0.3, 0.4) is 0 Å². The molecule has 1 nitrogen and oxygen atoms in total. The van der Waals surface area contributed by atoms with Gasteiger partial charge in [-0.05, 0) is 25.2 Å². The molecule has 1 saturated carbocycles. The molecule has 1 rings (SSSR count). The van der Waals surface area contributed by atoms with Crippen LogP contribution in [0.2, 0.25) is 0 Å². The first-order chi connectivity index (χ1) is 4.34. The number of rotatable bonds is 1.